The molecule has 0 atom stereocenters. The average Bonchev–Trinajstić information content (AvgIpc) is 2.61. The first-order valence-electron chi connectivity index (χ1n) is 8.25. The molecule has 2 N–H and O–H groups in total. The third-order valence-corrected chi connectivity index (χ3v) is 3.61. The quantitative estimate of drug-likeness (QED) is 0.771. The summed E-state index contributed by atoms with van der Waals surface area (Å²) in [6.07, 6.45) is 2.34. The highest BCUT2D eigenvalue weighted by Gasteiger charge is 2.08. The number of hydrogen-bond donors (Lipinski definition) is 2. The van der Waals surface area contributed by atoms with Crippen LogP contribution in [0.15, 0.2) is 36.5 Å². The summed E-state index contributed by atoms with van der Waals surface area (Å²) in [5.41, 5.74) is 1.65. The van der Waals surface area contributed by atoms with E-state index in [0.29, 0.717) is 35.8 Å². The molecule has 0 aliphatic heterocycles. The van der Waals surface area contributed by atoms with Crippen molar-refractivity contribution >= 4 is 11.7 Å². The van der Waals surface area contributed by atoms with E-state index in [9.17, 15) is 4.79 Å². The molecule has 0 radical (unpaired) electrons. The Kier molecular flexibility index (Phi) is 6.62. The van der Waals surface area contributed by atoms with E-state index in [4.69, 9.17) is 9.47 Å². The van der Waals surface area contributed by atoms with Gasteiger partial charge in [0.15, 0.2) is 11.5 Å². The molecular weight excluding hydrogens is 318 g/mol. The molecule has 1 aromatic carbocycles. The van der Waals surface area contributed by atoms with E-state index in [2.05, 4.69) is 15.6 Å². The minimum Gasteiger partial charge on any atom is -0.493 e. The number of ether oxygens (including phenoxy) is 2. The van der Waals surface area contributed by atoms with E-state index in [-0.39, 0.29) is 11.9 Å². The number of nitrogens with one attached hydrogen (secondary N) is 2. The van der Waals surface area contributed by atoms with Gasteiger partial charge in [-0.1, -0.05) is 6.07 Å². The van der Waals surface area contributed by atoms with Crippen LogP contribution in [0, 0.1) is 0 Å². The van der Waals surface area contributed by atoms with Crippen molar-refractivity contribution in [2.45, 2.75) is 26.3 Å². The van der Waals surface area contributed by atoms with Gasteiger partial charge < -0.3 is 20.1 Å². The number of rotatable bonds is 8. The molecule has 0 spiro atoms. The SMILES string of the molecule is COc1ccc(CCNC(=O)c2ccnc(NC(C)C)c2)cc1OC. The smallest absolute Gasteiger partial charge is 0.251 e. The lowest BCUT2D eigenvalue weighted by Crippen LogP contribution is -2.26. The summed E-state index contributed by atoms with van der Waals surface area (Å²) in [6.45, 7) is 4.58. The highest BCUT2D eigenvalue weighted by Crippen LogP contribution is 2.27. The molecule has 6 heteroatoms. The molecule has 0 aliphatic rings. The number of anilines is 1. The van der Waals surface area contributed by atoms with Crippen LogP contribution in [0.3, 0.4) is 0 Å². The molecule has 0 bridgehead atoms. The van der Waals surface area contributed by atoms with Gasteiger partial charge in [-0.3, -0.25) is 4.79 Å². The number of amides is 1. The van der Waals surface area contributed by atoms with Gasteiger partial charge in [0, 0.05) is 24.3 Å². The molecule has 134 valence electrons. The number of carbonyl (C=O) groups is 1. The Bertz CT molecular complexity index is 717. The lowest BCUT2D eigenvalue weighted by Gasteiger charge is -2.11. The summed E-state index contributed by atoms with van der Waals surface area (Å²) in [5.74, 6) is 1.96. The molecule has 6 nitrogen and oxygen atoms in total. The number of aromatic nitrogens is 1. The minimum absolute atomic E-state index is 0.116. The monoisotopic (exact) mass is 343 g/mol. The molecular formula is C19H25N3O3. The van der Waals surface area contributed by atoms with Crippen molar-refractivity contribution < 1.29 is 14.3 Å². The van der Waals surface area contributed by atoms with E-state index in [1.165, 1.54) is 0 Å². The Morgan fingerprint density at radius 2 is 1.88 bits per heavy atom. The van der Waals surface area contributed by atoms with Crippen LogP contribution in [0.25, 0.3) is 0 Å². The fourth-order valence-corrected chi connectivity index (χ4v) is 2.41. The number of benzene rings is 1. The van der Waals surface area contributed by atoms with Gasteiger partial charge in [-0.15, -0.1) is 0 Å². The third kappa shape index (κ3) is 5.38. The van der Waals surface area contributed by atoms with Crippen molar-refractivity contribution in [1.82, 2.24) is 10.3 Å². The summed E-state index contributed by atoms with van der Waals surface area (Å²) in [6, 6.07) is 9.47. The topological polar surface area (TPSA) is 72.5 Å². The fourth-order valence-electron chi connectivity index (χ4n) is 2.41. The van der Waals surface area contributed by atoms with E-state index >= 15 is 0 Å². The van der Waals surface area contributed by atoms with Crippen LogP contribution in [0.2, 0.25) is 0 Å². The number of pyridine rings is 1. The summed E-state index contributed by atoms with van der Waals surface area (Å²) in [4.78, 5) is 16.5. The summed E-state index contributed by atoms with van der Waals surface area (Å²) >= 11 is 0. The molecule has 0 unspecified atom stereocenters. The molecule has 0 saturated heterocycles. The number of methoxy groups -OCH3 is 2. The average molecular weight is 343 g/mol. The predicted octanol–water partition coefficient (Wildman–Crippen LogP) is 2.89. The first-order valence-corrected chi connectivity index (χ1v) is 8.25. The standard InChI is InChI=1S/C19H25N3O3/c1-13(2)22-18-12-15(8-10-20-18)19(23)21-9-7-14-5-6-16(24-3)17(11-14)25-4/h5-6,8,10-13H,7,9H2,1-4H3,(H,20,22)(H,21,23). The zero-order valence-electron chi connectivity index (χ0n) is 15.1. The van der Waals surface area contributed by atoms with Crippen LogP contribution >= 0.6 is 0 Å². The van der Waals surface area contributed by atoms with E-state index < -0.39 is 0 Å². The number of hydrogen-bond acceptors (Lipinski definition) is 5. The highest BCUT2D eigenvalue weighted by atomic mass is 16.5. The van der Waals surface area contributed by atoms with Crippen LogP contribution in [0.4, 0.5) is 5.82 Å². The molecule has 0 saturated carbocycles. The van der Waals surface area contributed by atoms with Gasteiger partial charge in [0.1, 0.15) is 5.82 Å². The molecule has 1 amide bonds. The van der Waals surface area contributed by atoms with E-state index in [1.54, 1.807) is 32.5 Å². The van der Waals surface area contributed by atoms with Crippen molar-refractivity contribution in [3.05, 3.63) is 47.7 Å². The molecule has 0 aliphatic carbocycles. The highest BCUT2D eigenvalue weighted by molar-refractivity contribution is 5.94. The first-order chi connectivity index (χ1) is 12.0. The molecule has 1 aromatic heterocycles. The van der Waals surface area contributed by atoms with Gasteiger partial charge in [0.25, 0.3) is 5.91 Å². The van der Waals surface area contributed by atoms with Crippen LogP contribution in [0.1, 0.15) is 29.8 Å². The second-order valence-electron chi connectivity index (χ2n) is 5.92. The summed E-state index contributed by atoms with van der Waals surface area (Å²) in [7, 11) is 3.21. The van der Waals surface area contributed by atoms with Crippen molar-refractivity contribution in [3.63, 3.8) is 0 Å². The third-order valence-electron chi connectivity index (χ3n) is 3.61. The lowest BCUT2D eigenvalue weighted by molar-refractivity contribution is 0.0954. The Hall–Kier alpha value is -2.76. The summed E-state index contributed by atoms with van der Waals surface area (Å²) in [5, 5.41) is 6.12. The lowest BCUT2D eigenvalue weighted by atomic mass is 10.1. The van der Waals surface area contributed by atoms with Gasteiger partial charge in [0.05, 0.1) is 14.2 Å². The van der Waals surface area contributed by atoms with Gasteiger partial charge in [0.2, 0.25) is 0 Å². The maximum absolute atomic E-state index is 12.3. The molecule has 25 heavy (non-hydrogen) atoms. The van der Waals surface area contributed by atoms with Crippen molar-refractivity contribution in [3.8, 4) is 11.5 Å². The van der Waals surface area contributed by atoms with Gasteiger partial charge in [-0.2, -0.15) is 0 Å². The van der Waals surface area contributed by atoms with Crippen LogP contribution in [-0.2, 0) is 6.42 Å². The Morgan fingerprint density at radius 3 is 2.56 bits per heavy atom. The van der Waals surface area contributed by atoms with Crippen molar-refractivity contribution in [2.75, 3.05) is 26.1 Å². The number of carbonyl (C=O) groups excluding carboxylic acids is 1. The Morgan fingerprint density at radius 1 is 1.12 bits per heavy atom. The van der Waals surface area contributed by atoms with Crippen LogP contribution in [-0.4, -0.2) is 37.7 Å². The number of nitrogens with zero attached hydrogens (tertiary/aromatic N) is 1. The Labute approximate surface area is 148 Å². The maximum atomic E-state index is 12.3. The first kappa shape index (κ1) is 18.6. The van der Waals surface area contributed by atoms with Crippen LogP contribution < -0.4 is 20.1 Å². The second-order valence-corrected chi connectivity index (χ2v) is 5.92. The second kappa shape index (κ2) is 8.92. The van der Waals surface area contributed by atoms with E-state index in [0.717, 1.165) is 5.56 Å². The van der Waals surface area contributed by atoms with Gasteiger partial charge in [-0.25, -0.2) is 4.98 Å². The van der Waals surface area contributed by atoms with Crippen LogP contribution in [0.5, 0.6) is 11.5 Å². The minimum atomic E-state index is -0.116. The van der Waals surface area contributed by atoms with Gasteiger partial charge >= 0.3 is 0 Å². The maximum Gasteiger partial charge on any atom is 0.251 e. The van der Waals surface area contributed by atoms with Gasteiger partial charge in [-0.05, 0) is 50.1 Å². The summed E-state index contributed by atoms with van der Waals surface area (Å²) < 4.78 is 10.5. The Balaban J connectivity index is 1.92. The van der Waals surface area contributed by atoms with E-state index in [1.807, 2.05) is 32.0 Å². The van der Waals surface area contributed by atoms with Crippen molar-refractivity contribution in [1.29, 1.82) is 0 Å². The predicted molar refractivity (Wildman–Crippen MR) is 98.6 cm³/mol. The largest absolute Gasteiger partial charge is 0.493 e. The zero-order valence-corrected chi connectivity index (χ0v) is 15.1. The van der Waals surface area contributed by atoms with Crippen molar-refractivity contribution in [2.24, 2.45) is 0 Å². The normalized spacial score (nSPS) is 10.4. The molecule has 2 rings (SSSR count). The fraction of sp³-hybridized carbons (Fsp3) is 0.368. The molecule has 1 heterocycles. The molecule has 0 fully saturated rings. The zero-order chi connectivity index (χ0) is 18.2. The molecule has 2 aromatic rings.